The molecule has 0 aliphatic carbocycles. The average Bonchev–Trinajstić information content (AvgIpc) is 3.37. The van der Waals surface area contributed by atoms with Gasteiger partial charge in [0.15, 0.2) is 0 Å². The van der Waals surface area contributed by atoms with Crippen LogP contribution in [-0.2, 0) is 0 Å². The van der Waals surface area contributed by atoms with E-state index in [-0.39, 0.29) is 6.42 Å². The molecule has 0 saturated heterocycles. The molecule has 1 N–H and O–H groups in total. The van der Waals surface area contributed by atoms with Gasteiger partial charge < -0.3 is 4.98 Å². The number of rotatable bonds is 5. The summed E-state index contributed by atoms with van der Waals surface area (Å²) in [5.74, 6) is 0. The quantitative estimate of drug-likeness (QED) is 0.570. The number of pyridine rings is 1. The van der Waals surface area contributed by atoms with Crippen LogP contribution in [0.5, 0.6) is 0 Å². The lowest BCUT2D eigenvalue weighted by molar-refractivity contribution is 0.411. The van der Waals surface area contributed by atoms with Gasteiger partial charge in [-0.25, -0.2) is 9.97 Å². The maximum atomic E-state index is 12.7. The van der Waals surface area contributed by atoms with Gasteiger partial charge in [-0.05, 0) is 30.2 Å². The molecule has 1 atom stereocenters. The largest absolute Gasteiger partial charge is 0.346 e. The topological polar surface area (TPSA) is 96.1 Å². The molecule has 0 bridgehead atoms. The molecule has 7 nitrogen and oxygen atoms in total. The van der Waals surface area contributed by atoms with Gasteiger partial charge in [0, 0.05) is 35.7 Å². The number of aromatic nitrogens is 6. The van der Waals surface area contributed by atoms with Crippen LogP contribution in [0.25, 0.3) is 22.3 Å². The number of halogens is 2. The third-order valence-corrected chi connectivity index (χ3v) is 4.32. The highest BCUT2D eigenvalue weighted by atomic mass is 19.3. The lowest BCUT2D eigenvalue weighted by Crippen LogP contribution is -2.11. The minimum absolute atomic E-state index is 0.00333. The van der Waals surface area contributed by atoms with E-state index in [4.69, 9.17) is 5.26 Å². The summed E-state index contributed by atoms with van der Waals surface area (Å²) >= 11 is 0. The van der Waals surface area contributed by atoms with Gasteiger partial charge in [0.1, 0.15) is 18.0 Å². The Balaban J connectivity index is 1.76. The first-order chi connectivity index (χ1) is 13.7. The van der Waals surface area contributed by atoms with Crippen molar-refractivity contribution in [2.24, 2.45) is 0 Å². The van der Waals surface area contributed by atoms with Crippen molar-refractivity contribution in [1.82, 2.24) is 29.7 Å². The van der Waals surface area contributed by atoms with E-state index in [1.807, 2.05) is 12.1 Å². The number of hydrogen-bond donors (Lipinski definition) is 1. The molecule has 0 aromatic carbocycles. The normalized spacial score (nSPS) is 11.9. The number of nitriles is 1. The van der Waals surface area contributed by atoms with Gasteiger partial charge in [-0.1, -0.05) is 0 Å². The predicted molar refractivity (Wildman–Crippen MR) is 97.1 cm³/mol. The Morgan fingerprint density at radius 3 is 3.00 bits per heavy atom. The molecule has 4 aromatic heterocycles. The molecule has 0 fully saturated rings. The number of fused-ring (bicyclic) bond motifs is 1. The molecular formula is C19H13F2N7. The summed E-state index contributed by atoms with van der Waals surface area (Å²) in [6.07, 6.45) is 8.61. The van der Waals surface area contributed by atoms with Crippen LogP contribution >= 0.6 is 0 Å². The van der Waals surface area contributed by atoms with Crippen molar-refractivity contribution in [3.8, 4) is 17.3 Å². The van der Waals surface area contributed by atoms with E-state index in [2.05, 4.69) is 25.0 Å². The standard InChI is InChI=1S/C19H13F2N7/c20-17(21)2-1-16(13-5-12(6-22)7-23-8-13)28-10-14(9-27-28)18-15-3-4-24-19(15)26-11-25-18/h2-5,7-11,16H,1H2,(H,24,25,26). The van der Waals surface area contributed by atoms with Crippen LogP contribution in [0.1, 0.15) is 23.6 Å². The second-order valence-corrected chi connectivity index (χ2v) is 6.04. The van der Waals surface area contributed by atoms with Gasteiger partial charge in [0.05, 0.1) is 23.5 Å². The lowest BCUT2D eigenvalue weighted by Gasteiger charge is -2.16. The molecule has 0 spiro atoms. The number of nitrogens with one attached hydrogen (secondary N) is 1. The lowest BCUT2D eigenvalue weighted by atomic mass is 10.0. The summed E-state index contributed by atoms with van der Waals surface area (Å²) in [5.41, 5.74) is 3.08. The number of hydrogen-bond acceptors (Lipinski definition) is 5. The number of allylic oxidation sites excluding steroid dienone is 1. The highest BCUT2D eigenvalue weighted by Gasteiger charge is 2.18. The van der Waals surface area contributed by atoms with Crippen molar-refractivity contribution in [1.29, 1.82) is 5.26 Å². The van der Waals surface area contributed by atoms with Gasteiger partial charge in [-0.3, -0.25) is 9.67 Å². The van der Waals surface area contributed by atoms with Crippen LogP contribution in [0.4, 0.5) is 8.78 Å². The molecule has 0 radical (unpaired) electrons. The van der Waals surface area contributed by atoms with E-state index in [9.17, 15) is 8.78 Å². The van der Waals surface area contributed by atoms with Crippen LogP contribution < -0.4 is 0 Å². The first-order valence-electron chi connectivity index (χ1n) is 8.34. The van der Waals surface area contributed by atoms with Crippen molar-refractivity contribution in [2.75, 3.05) is 0 Å². The predicted octanol–water partition coefficient (Wildman–Crippen LogP) is 3.85. The fraction of sp³-hybridized carbons (Fsp3) is 0.105. The molecule has 4 heterocycles. The molecule has 28 heavy (non-hydrogen) atoms. The van der Waals surface area contributed by atoms with Gasteiger partial charge >= 0.3 is 0 Å². The van der Waals surface area contributed by atoms with E-state index in [0.717, 1.165) is 17.0 Å². The summed E-state index contributed by atoms with van der Waals surface area (Å²) in [7, 11) is 0. The molecule has 0 amide bonds. The van der Waals surface area contributed by atoms with Crippen molar-refractivity contribution < 1.29 is 8.78 Å². The zero-order valence-electron chi connectivity index (χ0n) is 14.4. The van der Waals surface area contributed by atoms with Crippen molar-refractivity contribution in [3.05, 3.63) is 72.7 Å². The molecule has 0 aliphatic rings. The Bertz CT molecular complexity index is 1200. The van der Waals surface area contributed by atoms with Crippen LogP contribution in [0.15, 0.2) is 61.6 Å². The maximum absolute atomic E-state index is 12.7. The summed E-state index contributed by atoms with van der Waals surface area (Å²) in [6.45, 7) is 0. The van der Waals surface area contributed by atoms with Gasteiger partial charge in [0.2, 0.25) is 0 Å². The number of nitrogens with zero attached hydrogens (tertiary/aromatic N) is 6. The second kappa shape index (κ2) is 7.36. The zero-order chi connectivity index (χ0) is 19.5. The van der Waals surface area contributed by atoms with Crippen LogP contribution in [0.3, 0.4) is 0 Å². The second-order valence-electron chi connectivity index (χ2n) is 6.04. The van der Waals surface area contributed by atoms with Crippen LogP contribution in [0.2, 0.25) is 0 Å². The van der Waals surface area contributed by atoms with Crippen molar-refractivity contribution in [2.45, 2.75) is 12.5 Å². The van der Waals surface area contributed by atoms with Gasteiger partial charge in [-0.2, -0.15) is 19.1 Å². The van der Waals surface area contributed by atoms with Crippen LogP contribution in [-0.4, -0.2) is 29.7 Å². The third-order valence-electron chi connectivity index (χ3n) is 4.32. The first-order valence-corrected chi connectivity index (χ1v) is 8.34. The highest BCUT2D eigenvalue weighted by molar-refractivity contribution is 5.89. The molecule has 9 heteroatoms. The summed E-state index contributed by atoms with van der Waals surface area (Å²) in [5, 5.41) is 14.3. The van der Waals surface area contributed by atoms with Crippen molar-refractivity contribution in [3.63, 3.8) is 0 Å². The van der Waals surface area contributed by atoms with E-state index < -0.39 is 12.1 Å². The Hall–Kier alpha value is -3.93. The van der Waals surface area contributed by atoms with Crippen molar-refractivity contribution >= 4 is 11.0 Å². The first kappa shape index (κ1) is 17.5. The van der Waals surface area contributed by atoms with E-state index in [0.29, 0.717) is 22.5 Å². The minimum Gasteiger partial charge on any atom is -0.346 e. The maximum Gasteiger partial charge on any atom is 0.266 e. The van der Waals surface area contributed by atoms with Crippen LogP contribution in [0, 0.1) is 11.3 Å². The Morgan fingerprint density at radius 2 is 2.18 bits per heavy atom. The monoisotopic (exact) mass is 377 g/mol. The Morgan fingerprint density at radius 1 is 1.29 bits per heavy atom. The third kappa shape index (κ3) is 3.35. The minimum atomic E-state index is -1.77. The summed E-state index contributed by atoms with van der Waals surface area (Å²) in [6, 6.07) is 4.95. The zero-order valence-corrected chi connectivity index (χ0v) is 14.4. The van der Waals surface area contributed by atoms with E-state index in [1.165, 1.54) is 12.5 Å². The molecule has 0 aliphatic heterocycles. The average molecular weight is 377 g/mol. The molecule has 138 valence electrons. The fourth-order valence-electron chi connectivity index (χ4n) is 3.03. The summed E-state index contributed by atoms with van der Waals surface area (Å²) in [4.78, 5) is 15.5. The number of H-pyrrole nitrogens is 1. The Kier molecular flexibility index (Phi) is 4.60. The molecule has 0 saturated carbocycles. The van der Waals surface area contributed by atoms with E-state index >= 15 is 0 Å². The van der Waals surface area contributed by atoms with E-state index in [1.54, 1.807) is 35.5 Å². The molecule has 1 unspecified atom stereocenters. The fourth-order valence-corrected chi connectivity index (χ4v) is 3.03. The molecule has 4 aromatic rings. The number of aromatic amines is 1. The SMILES string of the molecule is N#Cc1cncc(C(CC=C(F)F)n2cc(-c3ncnc4[nH]ccc34)cn2)c1. The Labute approximate surface area is 158 Å². The summed E-state index contributed by atoms with van der Waals surface area (Å²) < 4.78 is 27.0. The van der Waals surface area contributed by atoms with Gasteiger partial charge in [0.25, 0.3) is 6.08 Å². The highest BCUT2D eigenvalue weighted by Crippen LogP contribution is 2.28. The molecule has 4 rings (SSSR count). The smallest absolute Gasteiger partial charge is 0.266 e. The molecular weight excluding hydrogens is 364 g/mol. The van der Waals surface area contributed by atoms with Gasteiger partial charge in [-0.15, -0.1) is 0 Å².